The van der Waals surface area contributed by atoms with Gasteiger partial charge in [-0.2, -0.15) is 0 Å². The Morgan fingerprint density at radius 3 is 3.00 bits per heavy atom. The average molecular weight is 197 g/mol. The number of nitrogens with two attached hydrogens (primary N) is 1. The van der Waals surface area contributed by atoms with Crippen LogP contribution in [-0.2, 0) is 11.3 Å². The fourth-order valence-electron chi connectivity index (χ4n) is 0.997. The van der Waals surface area contributed by atoms with Crippen LogP contribution in [-0.4, -0.2) is 17.4 Å². The number of hydrogen-bond acceptors (Lipinski definition) is 3. The molecule has 0 saturated heterocycles. The molecule has 3 N–H and O–H groups in total. The van der Waals surface area contributed by atoms with Gasteiger partial charge in [0.25, 0.3) is 0 Å². The van der Waals surface area contributed by atoms with Gasteiger partial charge in [-0.05, 0) is 11.6 Å². The second-order valence-corrected chi connectivity index (χ2v) is 2.90. The molecule has 0 unspecified atom stereocenters. The minimum absolute atomic E-state index is 0.281. The molecule has 1 rings (SSSR count). The lowest BCUT2D eigenvalue weighted by molar-refractivity contribution is -0.117. The summed E-state index contributed by atoms with van der Waals surface area (Å²) in [5.41, 5.74) is 5.69. The molecule has 0 aromatic carbocycles. The highest BCUT2D eigenvalue weighted by molar-refractivity contribution is 5.73. The number of rotatable bonds is 5. The van der Waals surface area contributed by atoms with Crippen molar-refractivity contribution in [3.63, 3.8) is 0 Å². The fourth-order valence-corrected chi connectivity index (χ4v) is 0.997. The number of pyridine rings is 1. The highest BCUT2D eigenvalue weighted by atomic mass is 19.1. The van der Waals surface area contributed by atoms with Crippen LogP contribution in [0.5, 0.6) is 0 Å². The normalized spacial score (nSPS) is 10.1. The number of hydrogen-bond donors (Lipinski definition) is 2. The van der Waals surface area contributed by atoms with Crippen LogP contribution in [0.25, 0.3) is 0 Å². The maximum atomic E-state index is 12.6. The Bertz CT molecular complexity index is 317. The zero-order valence-electron chi connectivity index (χ0n) is 7.66. The fraction of sp³-hybridized carbons (Fsp3) is 0.333. The van der Waals surface area contributed by atoms with Crippen LogP contribution in [0, 0.1) is 5.82 Å². The molecule has 1 aromatic heterocycles. The van der Waals surface area contributed by atoms with Crippen molar-refractivity contribution in [2.24, 2.45) is 5.73 Å². The maximum Gasteiger partial charge on any atom is 0.218 e. The van der Waals surface area contributed by atoms with Crippen LogP contribution in [0.4, 0.5) is 4.39 Å². The third-order valence-corrected chi connectivity index (χ3v) is 1.64. The summed E-state index contributed by atoms with van der Waals surface area (Å²) in [5, 5.41) is 2.95. The summed E-state index contributed by atoms with van der Waals surface area (Å²) < 4.78 is 12.6. The number of amides is 1. The molecule has 5 heteroatoms. The van der Waals surface area contributed by atoms with Crippen LogP contribution in [0.3, 0.4) is 0 Å². The molecule has 0 bridgehead atoms. The molecule has 0 saturated carbocycles. The lowest BCUT2D eigenvalue weighted by Crippen LogP contribution is -2.21. The Hall–Kier alpha value is -1.49. The monoisotopic (exact) mass is 197 g/mol. The van der Waals surface area contributed by atoms with E-state index in [0.29, 0.717) is 13.1 Å². The van der Waals surface area contributed by atoms with Crippen molar-refractivity contribution < 1.29 is 9.18 Å². The van der Waals surface area contributed by atoms with Crippen molar-refractivity contribution in [2.45, 2.75) is 13.0 Å². The summed E-state index contributed by atoms with van der Waals surface area (Å²) in [6, 6.07) is 1.39. The summed E-state index contributed by atoms with van der Waals surface area (Å²) in [6.07, 6.45) is 3.00. The molecular formula is C9H12FN3O. The molecule has 1 heterocycles. The summed E-state index contributed by atoms with van der Waals surface area (Å²) in [7, 11) is 0. The van der Waals surface area contributed by atoms with E-state index >= 15 is 0 Å². The van der Waals surface area contributed by atoms with Crippen molar-refractivity contribution in [3.05, 3.63) is 29.8 Å². The van der Waals surface area contributed by atoms with Crippen LogP contribution in [0.1, 0.15) is 12.0 Å². The molecule has 76 valence electrons. The molecule has 1 aromatic rings. The Morgan fingerprint density at radius 1 is 1.57 bits per heavy atom. The lowest BCUT2D eigenvalue weighted by Gasteiger charge is -2.02. The molecular weight excluding hydrogens is 185 g/mol. The number of nitrogens with zero attached hydrogens (tertiary/aromatic N) is 1. The zero-order chi connectivity index (χ0) is 10.4. The third-order valence-electron chi connectivity index (χ3n) is 1.64. The first kappa shape index (κ1) is 10.6. The van der Waals surface area contributed by atoms with Crippen LogP contribution < -0.4 is 11.1 Å². The minimum Gasteiger partial charge on any atom is -0.370 e. The van der Waals surface area contributed by atoms with E-state index < -0.39 is 0 Å². The molecule has 0 spiro atoms. The maximum absolute atomic E-state index is 12.6. The number of carbonyl (C=O) groups excluding carboxylic acids is 1. The first-order chi connectivity index (χ1) is 6.68. The van der Waals surface area contributed by atoms with Gasteiger partial charge in [0.2, 0.25) is 5.91 Å². The molecule has 0 atom stereocenters. The Balaban J connectivity index is 2.28. The summed E-state index contributed by atoms with van der Waals surface area (Å²) in [5.74, 6) is -0.714. The summed E-state index contributed by atoms with van der Waals surface area (Å²) in [6.45, 7) is 0.976. The number of carbonyl (C=O) groups is 1. The lowest BCUT2D eigenvalue weighted by atomic mass is 10.3. The van der Waals surface area contributed by atoms with E-state index in [9.17, 15) is 9.18 Å². The van der Waals surface area contributed by atoms with Gasteiger partial charge in [0.1, 0.15) is 5.82 Å². The van der Waals surface area contributed by atoms with Crippen molar-refractivity contribution in [3.8, 4) is 0 Å². The highest BCUT2D eigenvalue weighted by Crippen LogP contribution is 1.99. The van der Waals surface area contributed by atoms with Gasteiger partial charge < -0.3 is 11.1 Å². The standard InChI is InChI=1S/C9H12FN3O/c10-8-3-7(5-13-6-8)4-12-2-1-9(11)14/h3,5-6,12H,1-2,4H2,(H2,11,14). The molecule has 0 aliphatic carbocycles. The van der Waals surface area contributed by atoms with E-state index in [2.05, 4.69) is 10.3 Å². The number of halogens is 1. The van der Waals surface area contributed by atoms with Crippen molar-refractivity contribution in [1.82, 2.24) is 10.3 Å². The number of primary amides is 1. The molecule has 1 amide bonds. The SMILES string of the molecule is NC(=O)CCNCc1cncc(F)c1. The van der Waals surface area contributed by atoms with E-state index in [1.165, 1.54) is 6.07 Å². The van der Waals surface area contributed by atoms with E-state index in [1.54, 1.807) is 6.20 Å². The highest BCUT2D eigenvalue weighted by Gasteiger charge is 1.96. The molecule has 14 heavy (non-hydrogen) atoms. The molecule has 0 radical (unpaired) electrons. The average Bonchev–Trinajstić information content (AvgIpc) is 2.12. The van der Waals surface area contributed by atoms with Gasteiger partial charge >= 0.3 is 0 Å². The topological polar surface area (TPSA) is 68.0 Å². The van der Waals surface area contributed by atoms with Gasteiger partial charge in [0.15, 0.2) is 0 Å². The second kappa shape index (κ2) is 5.29. The number of nitrogens with one attached hydrogen (secondary N) is 1. The van der Waals surface area contributed by atoms with Crippen molar-refractivity contribution >= 4 is 5.91 Å². The van der Waals surface area contributed by atoms with Gasteiger partial charge in [-0.3, -0.25) is 9.78 Å². The second-order valence-electron chi connectivity index (χ2n) is 2.90. The Kier molecular flexibility index (Phi) is 4.00. The largest absolute Gasteiger partial charge is 0.370 e. The van der Waals surface area contributed by atoms with Gasteiger partial charge in [0, 0.05) is 25.7 Å². The molecule has 0 aliphatic heterocycles. The van der Waals surface area contributed by atoms with E-state index in [0.717, 1.165) is 11.8 Å². The van der Waals surface area contributed by atoms with Crippen molar-refractivity contribution in [2.75, 3.05) is 6.54 Å². The van der Waals surface area contributed by atoms with Crippen LogP contribution in [0.2, 0.25) is 0 Å². The summed E-state index contributed by atoms with van der Waals surface area (Å²) >= 11 is 0. The Morgan fingerprint density at radius 2 is 2.36 bits per heavy atom. The Labute approximate surface area is 81.3 Å². The predicted molar refractivity (Wildman–Crippen MR) is 49.7 cm³/mol. The van der Waals surface area contributed by atoms with Gasteiger partial charge in [-0.25, -0.2) is 4.39 Å². The van der Waals surface area contributed by atoms with Gasteiger partial charge in [-0.1, -0.05) is 0 Å². The molecule has 4 nitrogen and oxygen atoms in total. The van der Waals surface area contributed by atoms with Crippen LogP contribution in [0.15, 0.2) is 18.5 Å². The quantitative estimate of drug-likeness (QED) is 0.662. The van der Waals surface area contributed by atoms with Gasteiger partial charge in [0.05, 0.1) is 6.20 Å². The van der Waals surface area contributed by atoms with E-state index in [-0.39, 0.29) is 18.1 Å². The molecule has 0 fully saturated rings. The van der Waals surface area contributed by atoms with Gasteiger partial charge in [-0.15, -0.1) is 0 Å². The van der Waals surface area contributed by atoms with Crippen LogP contribution >= 0.6 is 0 Å². The first-order valence-electron chi connectivity index (χ1n) is 4.27. The third kappa shape index (κ3) is 3.95. The zero-order valence-corrected chi connectivity index (χ0v) is 7.66. The molecule has 0 aliphatic rings. The van der Waals surface area contributed by atoms with Crippen molar-refractivity contribution in [1.29, 1.82) is 0 Å². The minimum atomic E-state index is -0.362. The smallest absolute Gasteiger partial charge is 0.218 e. The first-order valence-corrected chi connectivity index (χ1v) is 4.27. The van der Waals surface area contributed by atoms with E-state index in [1.807, 2.05) is 0 Å². The predicted octanol–water partition coefficient (Wildman–Crippen LogP) is 0.186. The summed E-state index contributed by atoms with van der Waals surface area (Å²) in [4.78, 5) is 14.1. The van der Waals surface area contributed by atoms with E-state index in [4.69, 9.17) is 5.73 Å². The number of aromatic nitrogens is 1.